The summed E-state index contributed by atoms with van der Waals surface area (Å²) in [6.07, 6.45) is 2.06. The fourth-order valence-electron chi connectivity index (χ4n) is 3.32. The number of amides is 1. The molecule has 0 unspecified atom stereocenters. The van der Waals surface area contributed by atoms with Crippen LogP contribution in [0, 0.1) is 0 Å². The SMILES string of the molecule is C[C@@H]1CN(c2ccc(-c3nc4cc(C(=O)NO)ccc4o3)cn2)C[C@H](C)O1. The molecule has 0 radical (unpaired) electrons. The highest BCUT2D eigenvalue weighted by atomic mass is 16.5. The Morgan fingerprint density at radius 1 is 1.22 bits per heavy atom. The maximum atomic E-state index is 11.5. The quantitative estimate of drug-likeness (QED) is 0.541. The van der Waals surface area contributed by atoms with Crippen LogP contribution in [-0.4, -0.2) is 46.4 Å². The number of hydrogen-bond donors (Lipinski definition) is 2. The molecule has 2 atom stereocenters. The molecule has 27 heavy (non-hydrogen) atoms. The first-order chi connectivity index (χ1) is 13.0. The van der Waals surface area contributed by atoms with Gasteiger partial charge in [0.1, 0.15) is 11.3 Å². The predicted octanol–water partition coefficient (Wildman–Crippen LogP) is 2.62. The number of benzene rings is 1. The number of hydrogen-bond acceptors (Lipinski definition) is 7. The van der Waals surface area contributed by atoms with E-state index in [2.05, 4.69) is 28.7 Å². The molecule has 2 aromatic heterocycles. The van der Waals surface area contributed by atoms with Crippen LogP contribution in [0.1, 0.15) is 24.2 Å². The van der Waals surface area contributed by atoms with Crippen LogP contribution < -0.4 is 10.4 Å². The highest BCUT2D eigenvalue weighted by Crippen LogP contribution is 2.26. The zero-order valence-corrected chi connectivity index (χ0v) is 15.0. The Labute approximate surface area is 155 Å². The second-order valence-corrected chi connectivity index (χ2v) is 6.71. The first kappa shape index (κ1) is 17.4. The lowest BCUT2D eigenvalue weighted by molar-refractivity contribution is -0.00545. The molecule has 0 saturated carbocycles. The first-order valence-corrected chi connectivity index (χ1v) is 8.75. The molecule has 0 bridgehead atoms. The van der Waals surface area contributed by atoms with Gasteiger partial charge in [0.2, 0.25) is 5.89 Å². The number of nitrogens with one attached hydrogen (secondary N) is 1. The zero-order valence-electron chi connectivity index (χ0n) is 15.0. The van der Waals surface area contributed by atoms with Crippen LogP contribution >= 0.6 is 0 Å². The highest BCUT2D eigenvalue weighted by Gasteiger charge is 2.23. The minimum absolute atomic E-state index is 0.164. The second-order valence-electron chi connectivity index (χ2n) is 6.71. The third-order valence-electron chi connectivity index (χ3n) is 4.49. The lowest BCUT2D eigenvalue weighted by Gasteiger charge is -2.36. The number of carbonyl (C=O) groups excluding carboxylic acids is 1. The van der Waals surface area contributed by atoms with E-state index in [1.54, 1.807) is 29.9 Å². The van der Waals surface area contributed by atoms with Gasteiger partial charge in [-0.05, 0) is 44.2 Å². The molecule has 0 aliphatic carbocycles. The molecule has 0 spiro atoms. The van der Waals surface area contributed by atoms with Gasteiger partial charge < -0.3 is 14.1 Å². The lowest BCUT2D eigenvalue weighted by Crippen LogP contribution is -2.45. The molecule has 1 amide bonds. The van der Waals surface area contributed by atoms with E-state index in [-0.39, 0.29) is 12.2 Å². The number of oxazole rings is 1. The number of morpholine rings is 1. The normalized spacial score (nSPS) is 20.0. The summed E-state index contributed by atoms with van der Waals surface area (Å²) in [5, 5.41) is 8.75. The van der Waals surface area contributed by atoms with Crippen molar-refractivity contribution < 1.29 is 19.2 Å². The monoisotopic (exact) mass is 368 g/mol. The summed E-state index contributed by atoms with van der Waals surface area (Å²) in [5.41, 5.74) is 3.74. The van der Waals surface area contributed by atoms with Crippen molar-refractivity contribution >= 4 is 22.8 Å². The summed E-state index contributed by atoms with van der Waals surface area (Å²) in [4.78, 5) is 22.7. The van der Waals surface area contributed by atoms with E-state index in [1.165, 1.54) is 0 Å². The third kappa shape index (κ3) is 3.49. The number of pyridine rings is 1. The molecule has 2 N–H and O–H groups in total. The number of rotatable bonds is 3. The fraction of sp³-hybridized carbons (Fsp3) is 0.316. The van der Waals surface area contributed by atoms with Crippen LogP contribution in [0.3, 0.4) is 0 Å². The summed E-state index contributed by atoms with van der Waals surface area (Å²) in [6, 6.07) is 8.63. The Balaban J connectivity index is 1.59. The van der Waals surface area contributed by atoms with Gasteiger partial charge in [0.15, 0.2) is 5.58 Å². The molecule has 1 saturated heterocycles. The van der Waals surface area contributed by atoms with Gasteiger partial charge >= 0.3 is 0 Å². The van der Waals surface area contributed by atoms with Crippen LogP contribution in [0.4, 0.5) is 5.82 Å². The molecule has 8 heteroatoms. The Hall–Kier alpha value is -2.97. The third-order valence-corrected chi connectivity index (χ3v) is 4.49. The number of ether oxygens (including phenoxy) is 1. The summed E-state index contributed by atoms with van der Waals surface area (Å²) in [6.45, 7) is 5.71. The topological polar surface area (TPSA) is 101 Å². The van der Waals surface area contributed by atoms with Crippen molar-refractivity contribution in [3.8, 4) is 11.5 Å². The van der Waals surface area contributed by atoms with Gasteiger partial charge in [-0.3, -0.25) is 10.0 Å². The van der Waals surface area contributed by atoms with Gasteiger partial charge in [-0.1, -0.05) is 0 Å². The van der Waals surface area contributed by atoms with Crippen LogP contribution in [-0.2, 0) is 4.74 Å². The molecule has 1 aromatic carbocycles. The standard InChI is InChI=1S/C19H20N4O4/c1-11-9-23(10-12(2)26-11)17-6-4-14(8-20-17)19-21-15-7-13(18(24)22-25)3-5-16(15)27-19/h3-8,11-12,25H,9-10H2,1-2H3,(H,22,24)/t11-,12+. The van der Waals surface area contributed by atoms with Crippen molar-refractivity contribution in [2.45, 2.75) is 26.1 Å². The fourth-order valence-corrected chi connectivity index (χ4v) is 3.32. The molecule has 3 heterocycles. The summed E-state index contributed by atoms with van der Waals surface area (Å²) in [5.74, 6) is 0.717. The van der Waals surface area contributed by atoms with E-state index < -0.39 is 5.91 Å². The predicted molar refractivity (Wildman–Crippen MR) is 98.7 cm³/mol. The van der Waals surface area contributed by atoms with Crippen molar-refractivity contribution in [2.75, 3.05) is 18.0 Å². The summed E-state index contributed by atoms with van der Waals surface area (Å²) < 4.78 is 11.5. The largest absolute Gasteiger partial charge is 0.436 e. The maximum absolute atomic E-state index is 11.5. The smallest absolute Gasteiger partial charge is 0.274 e. The van der Waals surface area contributed by atoms with Crippen molar-refractivity contribution in [3.63, 3.8) is 0 Å². The second kappa shape index (κ2) is 6.98. The van der Waals surface area contributed by atoms with Gasteiger partial charge in [0, 0.05) is 24.8 Å². The van der Waals surface area contributed by atoms with E-state index in [0.29, 0.717) is 22.6 Å². The van der Waals surface area contributed by atoms with E-state index in [4.69, 9.17) is 14.4 Å². The molecular weight excluding hydrogens is 348 g/mol. The lowest BCUT2D eigenvalue weighted by atomic mass is 10.2. The van der Waals surface area contributed by atoms with E-state index >= 15 is 0 Å². The average Bonchev–Trinajstić information content (AvgIpc) is 3.10. The van der Waals surface area contributed by atoms with E-state index in [9.17, 15) is 4.79 Å². The van der Waals surface area contributed by atoms with Crippen molar-refractivity contribution in [2.24, 2.45) is 0 Å². The molecule has 3 aromatic rings. The van der Waals surface area contributed by atoms with Crippen LogP contribution in [0.15, 0.2) is 40.9 Å². The molecular formula is C19H20N4O4. The molecule has 140 valence electrons. The number of carbonyl (C=O) groups is 1. The first-order valence-electron chi connectivity index (χ1n) is 8.75. The van der Waals surface area contributed by atoms with Gasteiger partial charge in [-0.2, -0.15) is 0 Å². The summed E-state index contributed by atoms with van der Waals surface area (Å²) >= 11 is 0. The van der Waals surface area contributed by atoms with Gasteiger partial charge in [-0.15, -0.1) is 0 Å². The Bertz CT molecular complexity index is 960. The van der Waals surface area contributed by atoms with Gasteiger partial charge in [0.25, 0.3) is 5.91 Å². The minimum atomic E-state index is -0.596. The molecule has 1 fully saturated rings. The molecule has 8 nitrogen and oxygen atoms in total. The zero-order chi connectivity index (χ0) is 19.0. The Morgan fingerprint density at radius 3 is 2.67 bits per heavy atom. The molecule has 1 aliphatic heterocycles. The van der Waals surface area contributed by atoms with E-state index in [0.717, 1.165) is 24.5 Å². The molecule has 4 rings (SSSR count). The van der Waals surface area contributed by atoms with Gasteiger partial charge in [-0.25, -0.2) is 15.4 Å². The highest BCUT2D eigenvalue weighted by molar-refractivity contribution is 5.96. The number of anilines is 1. The summed E-state index contributed by atoms with van der Waals surface area (Å²) in [7, 11) is 0. The number of fused-ring (bicyclic) bond motifs is 1. The van der Waals surface area contributed by atoms with E-state index in [1.807, 2.05) is 12.1 Å². The van der Waals surface area contributed by atoms with Crippen LogP contribution in [0.25, 0.3) is 22.6 Å². The average molecular weight is 368 g/mol. The Morgan fingerprint density at radius 2 is 2.00 bits per heavy atom. The molecule has 1 aliphatic rings. The number of nitrogens with zero attached hydrogens (tertiary/aromatic N) is 3. The van der Waals surface area contributed by atoms with Crippen molar-refractivity contribution in [1.29, 1.82) is 0 Å². The van der Waals surface area contributed by atoms with Crippen molar-refractivity contribution in [3.05, 3.63) is 42.1 Å². The number of hydroxylamine groups is 1. The van der Waals surface area contributed by atoms with Gasteiger partial charge in [0.05, 0.1) is 17.8 Å². The van der Waals surface area contributed by atoms with Crippen molar-refractivity contribution in [1.82, 2.24) is 15.4 Å². The number of aromatic nitrogens is 2. The van der Waals surface area contributed by atoms with Crippen LogP contribution in [0.2, 0.25) is 0 Å². The minimum Gasteiger partial charge on any atom is -0.436 e. The maximum Gasteiger partial charge on any atom is 0.274 e. The van der Waals surface area contributed by atoms with Crippen LogP contribution in [0.5, 0.6) is 0 Å². The Kier molecular flexibility index (Phi) is 4.51.